The van der Waals surface area contributed by atoms with Crippen molar-refractivity contribution in [3.05, 3.63) is 42.2 Å². The van der Waals surface area contributed by atoms with Crippen molar-refractivity contribution >= 4 is 17.3 Å². The van der Waals surface area contributed by atoms with E-state index in [9.17, 15) is 0 Å². The first kappa shape index (κ1) is 12.9. The highest BCUT2D eigenvalue weighted by atomic mass is 15.1. The fraction of sp³-hybridized carbons (Fsp3) is 0.375. The van der Waals surface area contributed by atoms with E-state index in [0.717, 1.165) is 36.1 Å². The van der Waals surface area contributed by atoms with Gasteiger partial charge in [-0.25, -0.2) is 9.97 Å². The molecule has 2 aromatic rings. The van der Waals surface area contributed by atoms with Crippen molar-refractivity contribution in [1.82, 2.24) is 9.97 Å². The molecule has 1 fully saturated rings. The number of anilines is 3. The van der Waals surface area contributed by atoms with E-state index in [4.69, 9.17) is 0 Å². The summed E-state index contributed by atoms with van der Waals surface area (Å²) in [6.07, 6.45) is 3.51. The summed E-state index contributed by atoms with van der Waals surface area (Å²) in [5, 5.41) is 6.71. The van der Waals surface area contributed by atoms with Crippen molar-refractivity contribution in [3.8, 4) is 0 Å². The monoisotopic (exact) mass is 268 g/mol. The van der Waals surface area contributed by atoms with Gasteiger partial charge in [0.25, 0.3) is 0 Å². The zero-order chi connectivity index (χ0) is 13.8. The minimum Gasteiger partial charge on any atom is -0.370 e. The SMILES string of the molecule is CCCNc1cc(Nc2ccccc2)nc(C2CC2)n1. The van der Waals surface area contributed by atoms with Crippen LogP contribution in [0.5, 0.6) is 0 Å². The lowest BCUT2D eigenvalue weighted by Crippen LogP contribution is -2.06. The highest BCUT2D eigenvalue weighted by Crippen LogP contribution is 2.39. The fourth-order valence-electron chi connectivity index (χ4n) is 2.07. The van der Waals surface area contributed by atoms with E-state index < -0.39 is 0 Å². The Balaban J connectivity index is 1.83. The highest BCUT2D eigenvalue weighted by Gasteiger charge is 2.27. The third kappa shape index (κ3) is 3.26. The Morgan fingerprint density at radius 3 is 2.55 bits per heavy atom. The molecule has 0 spiro atoms. The van der Waals surface area contributed by atoms with Crippen LogP contribution in [0.25, 0.3) is 0 Å². The van der Waals surface area contributed by atoms with Gasteiger partial charge in [0.2, 0.25) is 0 Å². The number of nitrogens with one attached hydrogen (secondary N) is 2. The molecule has 0 atom stereocenters. The summed E-state index contributed by atoms with van der Waals surface area (Å²) < 4.78 is 0. The number of hydrogen-bond acceptors (Lipinski definition) is 4. The first-order chi connectivity index (χ1) is 9.85. The Bertz CT molecular complexity index is 564. The average molecular weight is 268 g/mol. The first-order valence-corrected chi connectivity index (χ1v) is 7.30. The predicted octanol–water partition coefficient (Wildman–Crippen LogP) is 3.92. The van der Waals surface area contributed by atoms with Crippen LogP contribution >= 0.6 is 0 Å². The molecule has 3 rings (SSSR count). The summed E-state index contributed by atoms with van der Waals surface area (Å²) in [6, 6.07) is 12.1. The molecule has 1 aromatic carbocycles. The third-order valence-corrected chi connectivity index (χ3v) is 3.29. The summed E-state index contributed by atoms with van der Waals surface area (Å²) in [7, 11) is 0. The Kier molecular flexibility index (Phi) is 3.81. The van der Waals surface area contributed by atoms with Crippen LogP contribution in [0.15, 0.2) is 36.4 Å². The molecule has 0 unspecified atom stereocenters. The lowest BCUT2D eigenvalue weighted by Gasteiger charge is -2.10. The first-order valence-electron chi connectivity index (χ1n) is 7.30. The molecule has 0 bridgehead atoms. The molecule has 0 radical (unpaired) electrons. The van der Waals surface area contributed by atoms with E-state index in [2.05, 4.69) is 27.5 Å². The standard InChI is InChI=1S/C16H20N4/c1-2-10-17-14-11-15(18-13-6-4-3-5-7-13)20-16(19-14)12-8-9-12/h3-7,11-12H,2,8-10H2,1H3,(H2,17,18,19,20). The van der Waals surface area contributed by atoms with Crippen LogP contribution in [-0.4, -0.2) is 16.5 Å². The van der Waals surface area contributed by atoms with Gasteiger partial charge in [-0.15, -0.1) is 0 Å². The summed E-state index contributed by atoms with van der Waals surface area (Å²) in [5.41, 5.74) is 1.05. The number of hydrogen-bond donors (Lipinski definition) is 2. The predicted molar refractivity (Wildman–Crippen MR) is 82.5 cm³/mol. The molecule has 4 heteroatoms. The highest BCUT2D eigenvalue weighted by molar-refractivity contribution is 5.59. The number of rotatable bonds is 6. The molecule has 4 nitrogen and oxygen atoms in total. The molecule has 1 aliphatic carbocycles. The molecule has 0 aliphatic heterocycles. The van der Waals surface area contributed by atoms with Crippen LogP contribution in [-0.2, 0) is 0 Å². The molecule has 2 N–H and O–H groups in total. The fourth-order valence-corrected chi connectivity index (χ4v) is 2.07. The Hall–Kier alpha value is -2.10. The Labute approximate surface area is 119 Å². The van der Waals surface area contributed by atoms with Crippen molar-refractivity contribution in [2.45, 2.75) is 32.1 Å². The van der Waals surface area contributed by atoms with Crippen molar-refractivity contribution in [2.75, 3.05) is 17.2 Å². The largest absolute Gasteiger partial charge is 0.370 e. The smallest absolute Gasteiger partial charge is 0.136 e. The van der Waals surface area contributed by atoms with Gasteiger partial charge in [-0.2, -0.15) is 0 Å². The van der Waals surface area contributed by atoms with Crippen LogP contribution in [0.4, 0.5) is 17.3 Å². The van der Waals surface area contributed by atoms with Gasteiger partial charge < -0.3 is 10.6 Å². The van der Waals surface area contributed by atoms with Gasteiger partial charge in [0.05, 0.1) is 0 Å². The molecular formula is C16H20N4. The van der Waals surface area contributed by atoms with Gasteiger partial charge in [0.1, 0.15) is 17.5 Å². The average Bonchev–Trinajstić information content (AvgIpc) is 3.31. The lowest BCUT2D eigenvalue weighted by molar-refractivity contribution is 0.911. The molecule has 104 valence electrons. The van der Waals surface area contributed by atoms with E-state index in [1.54, 1.807) is 0 Å². The second-order valence-electron chi connectivity index (χ2n) is 5.19. The molecule has 1 saturated carbocycles. The topological polar surface area (TPSA) is 49.8 Å². The molecule has 1 aliphatic rings. The van der Waals surface area contributed by atoms with E-state index in [1.807, 2.05) is 36.4 Å². The van der Waals surface area contributed by atoms with Gasteiger partial charge in [0, 0.05) is 24.2 Å². The quantitative estimate of drug-likeness (QED) is 0.833. The molecule has 20 heavy (non-hydrogen) atoms. The molecule has 0 amide bonds. The van der Waals surface area contributed by atoms with Crippen LogP contribution in [0.1, 0.15) is 37.9 Å². The number of nitrogens with zero attached hydrogens (tertiary/aromatic N) is 2. The lowest BCUT2D eigenvalue weighted by atomic mass is 10.3. The maximum Gasteiger partial charge on any atom is 0.136 e. The Morgan fingerprint density at radius 2 is 1.85 bits per heavy atom. The van der Waals surface area contributed by atoms with Gasteiger partial charge in [0.15, 0.2) is 0 Å². The van der Waals surface area contributed by atoms with E-state index in [-0.39, 0.29) is 0 Å². The van der Waals surface area contributed by atoms with Gasteiger partial charge >= 0.3 is 0 Å². The second-order valence-corrected chi connectivity index (χ2v) is 5.19. The van der Waals surface area contributed by atoms with Gasteiger partial charge in [-0.1, -0.05) is 25.1 Å². The van der Waals surface area contributed by atoms with E-state index in [1.165, 1.54) is 12.8 Å². The summed E-state index contributed by atoms with van der Waals surface area (Å²) in [6.45, 7) is 3.09. The van der Waals surface area contributed by atoms with E-state index in [0.29, 0.717) is 5.92 Å². The zero-order valence-corrected chi connectivity index (χ0v) is 11.8. The minimum absolute atomic E-state index is 0.551. The van der Waals surface area contributed by atoms with Crippen LogP contribution in [0.2, 0.25) is 0 Å². The zero-order valence-electron chi connectivity index (χ0n) is 11.8. The Morgan fingerprint density at radius 1 is 1.10 bits per heavy atom. The molecule has 1 aromatic heterocycles. The van der Waals surface area contributed by atoms with Crippen molar-refractivity contribution < 1.29 is 0 Å². The van der Waals surface area contributed by atoms with Crippen LogP contribution in [0, 0.1) is 0 Å². The van der Waals surface area contributed by atoms with Crippen molar-refractivity contribution in [1.29, 1.82) is 0 Å². The third-order valence-electron chi connectivity index (χ3n) is 3.29. The van der Waals surface area contributed by atoms with Crippen LogP contribution < -0.4 is 10.6 Å². The van der Waals surface area contributed by atoms with E-state index >= 15 is 0 Å². The van der Waals surface area contributed by atoms with Crippen LogP contribution in [0.3, 0.4) is 0 Å². The number of benzene rings is 1. The summed E-state index contributed by atoms with van der Waals surface area (Å²) in [5.74, 6) is 3.30. The molecule has 0 saturated heterocycles. The maximum atomic E-state index is 4.64. The maximum absolute atomic E-state index is 4.64. The van der Waals surface area contributed by atoms with Gasteiger partial charge in [-0.3, -0.25) is 0 Å². The summed E-state index contributed by atoms with van der Waals surface area (Å²) in [4.78, 5) is 9.25. The van der Waals surface area contributed by atoms with Gasteiger partial charge in [-0.05, 0) is 31.4 Å². The summed E-state index contributed by atoms with van der Waals surface area (Å²) >= 11 is 0. The van der Waals surface area contributed by atoms with Crippen molar-refractivity contribution in [2.24, 2.45) is 0 Å². The van der Waals surface area contributed by atoms with Crippen molar-refractivity contribution in [3.63, 3.8) is 0 Å². The molecule has 1 heterocycles. The number of aromatic nitrogens is 2. The normalized spacial score (nSPS) is 14.1. The second kappa shape index (κ2) is 5.90. The molecular weight excluding hydrogens is 248 g/mol. The minimum atomic E-state index is 0.551. The number of para-hydroxylation sites is 1.